The first kappa shape index (κ1) is 6.55. The predicted octanol–water partition coefficient (Wildman–Crippen LogP) is 1.58. The van der Waals surface area contributed by atoms with E-state index >= 15 is 0 Å². The third kappa shape index (κ3) is 1.21. The molecule has 0 aliphatic carbocycles. The van der Waals surface area contributed by atoms with Gasteiger partial charge >= 0.3 is 0 Å². The summed E-state index contributed by atoms with van der Waals surface area (Å²) in [6, 6.07) is 0. The molecule has 0 radical (unpaired) electrons. The van der Waals surface area contributed by atoms with Crippen LogP contribution in [0.25, 0.3) is 0 Å². The van der Waals surface area contributed by atoms with E-state index in [1.807, 2.05) is 13.8 Å². The van der Waals surface area contributed by atoms with Crippen molar-refractivity contribution in [3.05, 3.63) is 10.8 Å². The Labute approximate surface area is 58.4 Å². The molecule has 0 saturated heterocycles. The molecule has 0 aliphatic heterocycles. The molecule has 0 bridgehead atoms. The fourth-order valence-corrected chi connectivity index (χ4v) is 0.892. The fraction of sp³-hybridized carbons (Fsp3) is 0.600. The quantitative estimate of drug-likeness (QED) is 0.652. The van der Waals surface area contributed by atoms with Gasteiger partial charge in [-0.15, -0.1) is 5.10 Å². The third-order valence-electron chi connectivity index (χ3n) is 1.08. The lowest BCUT2D eigenvalue weighted by molar-refractivity contribution is 0.804. The maximum absolute atomic E-state index is 5.63. The van der Waals surface area contributed by atoms with Crippen molar-refractivity contribution < 1.29 is 0 Å². The monoisotopic (exact) mass is 145 g/mol. The van der Waals surface area contributed by atoms with E-state index in [2.05, 4.69) is 15.4 Å². The smallest absolute Gasteiger partial charge is 0.174 e. The molecule has 4 heteroatoms. The second-order valence-corrected chi connectivity index (χ2v) is 2.51. The van der Waals surface area contributed by atoms with Crippen molar-refractivity contribution in [2.24, 2.45) is 0 Å². The molecule has 0 spiro atoms. The average Bonchev–Trinajstić information content (AvgIpc) is 2.13. The van der Waals surface area contributed by atoms with Gasteiger partial charge < -0.3 is 0 Å². The maximum atomic E-state index is 5.63. The third-order valence-corrected chi connectivity index (χ3v) is 1.35. The van der Waals surface area contributed by atoms with Crippen LogP contribution >= 0.6 is 11.6 Å². The second kappa shape index (κ2) is 2.35. The van der Waals surface area contributed by atoms with Gasteiger partial charge in [0.05, 0.1) is 0 Å². The Morgan fingerprint density at radius 2 is 2.11 bits per heavy atom. The Balaban J connectivity index is 2.94. The van der Waals surface area contributed by atoms with Gasteiger partial charge in [-0.1, -0.05) is 25.4 Å². The summed E-state index contributed by atoms with van der Waals surface area (Å²) in [5.41, 5.74) is 0.830. The summed E-state index contributed by atoms with van der Waals surface area (Å²) in [4.78, 5) is 0. The SMILES string of the molecule is CC(C)c1n[nH]nc1Cl. The van der Waals surface area contributed by atoms with E-state index in [0.29, 0.717) is 11.1 Å². The minimum Gasteiger partial charge on any atom is -0.196 e. The molecule has 0 atom stereocenters. The van der Waals surface area contributed by atoms with E-state index in [4.69, 9.17) is 11.6 Å². The molecule has 0 aliphatic rings. The highest BCUT2D eigenvalue weighted by atomic mass is 35.5. The van der Waals surface area contributed by atoms with Crippen LogP contribution in [0.1, 0.15) is 25.5 Å². The molecule has 1 aromatic heterocycles. The molecule has 0 saturated carbocycles. The Kier molecular flexibility index (Phi) is 1.71. The van der Waals surface area contributed by atoms with Gasteiger partial charge in [-0.05, 0) is 0 Å². The van der Waals surface area contributed by atoms with Crippen molar-refractivity contribution in [3.63, 3.8) is 0 Å². The molecule has 0 aromatic carbocycles. The van der Waals surface area contributed by atoms with E-state index < -0.39 is 0 Å². The van der Waals surface area contributed by atoms with Gasteiger partial charge in [0.1, 0.15) is 5.69 Å². The van der Waals surface area contributed by atoms with E-state index in [-0.39, 0.29) is 0 Å². The summed E-state index contributed by atoms with van der Waals surface area (Å²) in [5.74, 6) is 0.344. The van der Waals surface area contributed by atoms with Gasteiger partial charge in [0, 0.05) is 5.92 Å². The van der Waals surface area contributed by atoms with Crippen molar-refractivity contribution in [2.75, 3.05) is 0 Å². The number of nitrogens with zero attached hydrogens (tertiary/aromatic N) is 2. The molecule has 9 heavy (non-hydrogen) atoms. The second-order valence-electron chi connectivity index (χ2n) is 2.15. The molecule has 50 valence electrons. The number of hydrogen-bond donors (Lipinski definition) is 1. The van der Waals surface area contributed by atoms with E-state index in [0.717, 1.165) is 5.69 Å². The van der Waals surface area contributed by atoms with E-state index in [1.54, 1.807) is 0 Å². The Bertz CT molecular complexity index is 194. The summed E-state index contributed by atoms with van der Waals surface area (Å²) in [5, 5.41) is 10.4. The minimum absolute atomic E-state index is 0.344. The number of aromatic nitrogens is 3. The molecule has 1 N–H and O–H groups in total. The largest absolute Gasteiger partial charge is 0.196 e. The molecule has 3 nitrogen and oxygen atoms in total. The van der Waals surface area contributed by atoms with Crippen LogP contribution in [0, 0.1) is 0 Å². The molecule has 0 fully saturated rings. The lowest BCUT2D eigenvalue weighted by atomic mass is 10.2. The highest BCUT2D eigenvalue weighted by molar-refractivity contribution is 6.30. The van der Waals surface area contributed by atoms with Gasteiger partial charge in [0.25, 0.3) is 0 Å². The summed E-state index contributed by atoms with van der Waals surface area (Å²) in [6.07, 6.45) is 0. The highest BCUT2D eigenvalue weighted by Gasteiger charge is 2.07. The van der Waals surface area contributed by atoms with Crippen molar-refractivity contribution in [1.82, 2.24) is 15.4 Å². The van der Waals surface area contributed by atoms with Gasteiger partial charge in [-0.2, -0.15) is 10.3 Å². The van der Waals surface area contributed by atoms with Crippen LogP contribution in [-0.4, -0.2) is 15.4 Å². The van der Waals surface area contributed by atoms with Crippen molar-refractivity contribution in [1.29, 1.82) is 0 Å². The molecular weight excluding hydrogens is 138 g/mol. The van der Waals surface area contributed by atoms with Gasteiger partial charge in [0.2, 0.25) is 0 Å². The minimum atomic E-state index is 0.344. The fourth-order valence-electron chi connectivity index (χ4n) is 0.593. The van der Waals surface area contributed by atoms with Crippen molar-refractivity contribution >= 4 is 11.6 Å². The number of halogens is 1. The van der Waals surface area contributed by atoms with Crippen LogP contribution in [-0.2, 0) is 0 Å². The lowest BCUT2D eigenvalue weighted by Crippen LogP contribution is -1.87. The zero-order valence-corrected chi connectivity index (χ0v) is 6.11. The highest BCUT2D eigenvalue weighted by Crippen LogP contribution is 2.17. The molecule has 0 amide bonds. The van der Waals surface area contributed by atoms with Crippen LogP contribution in [0.15, 0.2) is 0 Å². The number of rotatable bonds is 1. The predicted molar refractivity (Wildman–Crippen MR) is 35.5 cm³/mol. The number of hydrogen-bond acceptors (Lipinski definition) is 2. The van der Waals surface area contributed by atoms with Crippen molar-refractivity contribution in [2.45, 2.75) is 19.8 Å². The standard InChI is InChI=1S/C5H8ClN3/c1-3(2)4-5(6)8-9-7-4/h3H,1-2H3,(H,7,8,9). The van der Waals surface area contributed by atoms with Gasteiger partial charge in [-0.25, -0.2) is 0 Å². The van der Waals surface area contributed by atoms with Gasteiger partial charge in [0.15, 0.2) is 5.15 Å². The number of aromatic amines is 1. The Morgan fingerprint density at radius 3 is 2.33 bits per heavy atom. The van der Waals surface area contributed by atoms with Crippen LogP contribution in [0.3, 0.4) is 0 Å². The zero-order chi connectivity index (χ0) is 6.85. The van der Waals surface area contributed by atoms with E-state index in [9.17, 15) is 0 Å². The first-order valence-electron chi connectivity index (χ1n) is 2.78. The van der Waals surface area contributed by atoms with Crippen LogP contribution < -0.4 is 0 Å². The number of H-pyrrole nitrogens is 1. The molecule has 1 heterocycles. The summed E-state index contributed by atoms with van der Waals surface area (Å²) < 4.78 is 0. The zero-order valence-electron chi connectivity index (χ0n) is 5.35. The summed E-state index contributed by atoms with van der Waals surface area (Å²) in [6.45, 7) is 4.04. The van der Waals surface area contributed by atoms with Crippen LogP contribution in [0.4, 0.5) is 0 Å². The number of nitrogens with one attached hydrogen (secondary N) is 1. The average molecular weight is 146 g/mol. The molecular formula is C5H8ClN3. The Morgan fingerprint density at radius 1 is 1.44 bits per heavy atom. The molecule has 1 aromatic rings. The van der Waals surface area contributed by atoms with Crippen LogP contribution in [0.5, 0.6) is 0 Å². The lowest BCUT2D eigenvalue weighted by Gasteiger charge is -1.95. The summed E-state index contributed by atoms with van der Waals surface area (Å²) in [7, 11) is 0. The van der Waals surface area contributed by atoms with Crippen LogP contribution in [0.2, 0.25) is 5.15 Å². The Hall–Kier alpha value is -0.570. The molecule has 0 unspecified atom stereocenters. The maximum Gasteiger partial charge on any atom is 0.174 e. The van der Waals surface area contributed by atoms with E-state index in [1.165, 1.54) is 0 Å². The van der Waals surface area contributed by atoms with Crippen molar-refractivity contribution in [3.8, 4) is 0 Å². The molecule has 1 rings (SSSR count). The first-order chi connectivity index (χ1) is 4.22. The first-order valence-corrected chi connectivity index (χ1v) is 3.15. The normalized spacial score (nSPS) is 10.7. The van der Waals surface area contributed by atoms with Gasteiger partial charge in [-0.3, -0.25) is 0 Å². The summed E-state index contributed by atoms with van der Waals surface area (Å²) >= 11 is 5.63. The topological polar surface area (TPSA) is 41.6 Å².